The summed E-state index contributed by atoms with van der Waals surface area (Å²) in [5, 5.41) is 4.71. The van der Waals surface area contributed by atoms with Crippen LogP contribution in [0.3, 0.4) is 0 Å². The van der Waals surface area contributed by atoms with Gasteiger partial charge in [0.05, 0.1) is 13.2 Å². The Bertz CT molecular complexity index is 2510. The summed E-state index contributed by atoms with van der Waals surface area (Å²) in [7, 11) is 0. The highest BCUT2D eigenvalue weighted by atomic mass is 16.5. The van der Waals surface area contributed by atoms with Gasteiger partial charge in [-0.25, -0.2) is 0 Å². The van der Waals surface area contributed by atoms with Gasteiger partial charge in [0.1, 0.15) is 11.5 Å². The first-order valence-corrected chi connectivity index (χ1v) is 23.7. The molecule has 2 heteroatoms. The van der Waals surface area contributed by atoms with Crippen LogP contribution in [0, 0.1) is 35.5 Å². The molecule has 0 N–H and O–H groups in total. The third kappa shape index (κ3) is 8.85. The molecule has 0 aromatic heterocycles. The fourth-order valence-electron chi connectivity index (χ4n) is 10.3. The molecule has 62 heavy (non-hydrogen) atoms. The molecule has 6 aromatic rings. The number of hydrogen-bond acceptors (Lipinski definition) is 2. The van der Waals surface area contributed by atoms with Gasteiger partial charge in [0.2, 0.25) is 0 Å². The van der Waals surface area contributed by atoms with Crippen molar-refractivity contribution in [2.24, 2.45) is 11.8 Å². The number of rotatable bonds is 16. The Morgan fingerprint density at radius 1 is 0.387 bits per heavy atom. The van der Waals surface area contributed by atoms with Crippen molar-refractivity contribution in [3.05, 3.63) is 176 Å². The second-order valence-electron chi connectivity index (χ2n) is 17.6. The van der Waals surface area contributed by atoms with Gasteiger partial charge in [-0.05, 0) is 117 Å². The maximum Gasteiger partial charge on any atom is 0.119 e. The average Bonchev–Trinajstić information content (AvgIpc) is 3.32. The molecule has 4 aliphatic carbocycles. The summed E-state index contributed by atoms with van der Waals surface area (Å²) >= 11 is 0. The summed E-state index contributed by atoms with van der Waals surface area (Å²) in [5.74, 6) is 17.7. The molecule has 0 amide bonds. The zero-order chi connectivity index (χ0) is 42.1. The van der Waals surface area contributed by atoms with Crippen LogP contribution in [0.15, 0.2) is 121 Å². The van der Waals surface area contributed by atoms with Gasteiger partial charge in [0.15, 0.2) is 0 Å². The van der Waals surface area contributed by atoms with Crippen molar-refractivity contribution in [2.75, 3.05) is 13.2 Å². The van der Waals surface area contributed by atoms with E-state index in [0.717, 1.165) is 70.6 Å². The molecule has 4 aliphatic rings. The zero-order valence-electron chi connectivity index (χ0n) is 36.7. The van der Waals surface area contributed by atoms with Crippen molar-refractivity contribution < 1.29 is 9.47 Å². The van der Waals surface area contributed by atoms with E-state index in [4.69, 9.17) is 9.47 Å². The van der Waals surface area contributed by atoms with Gasteiger partial charge in [-0.2, -0.15) is 0 Å². The van der Waals surface area contributed by atoms with E-state index in [9.17, 15) is 0 Å². The van der Waals surface area contributed by atoms with Crippen LogP contribution in [0.25, 0.3) is 22.9 Å². The molecular weight excluding hydrogens is 753 g/mol. The van der Waals surface area contributed by atoms with Gasteiger partial charge in [0, 0.05) is 34.1 Å². The minimum Gasteiger partial charge on any atom is -0.494 e. The first kappa shape index (κ1) is 41.4. The molecule has 2 unspecified atom stereocenters. The zero-order valence-corrected chi connectivity index (χ0v) is 36.7. The van der Waals surface area contributed by atoms with Gasteiger partial charge in [-0.15, -0.1) is 0 Å². The lowest BCUT2D eigenvalue weighted by Crippen LogP contribution is -2.45. The topological polar surface area (TPSA) is 18.5 Å². The fraction of sp³-hybridized carbons (Fsp3) is 0.333. The summed E-state index contributed by atoms with van der Waals surface area (Å²) in [6.45, 7) is 6.04. The van der Waals surface area contributed by atoms with E-state index in [1.54, 1.807) is 0 Å². The molecule has 0 spiro atoms. The third-order valence-electron chi connectivity index (χ3n) is 13.5. The highest BCUT2D eigenvalue weighted by Gasteiger charge is 2.48. The van der Waals surface area contributed by atoms with E-state index in [1.807, 2.05) is 0 Å². The number of unbranched alkanes of at least 4 members (excludes halogenated alkanes) is 10. The summed E-state index contributed by atoms with van der Waals surface area (Å²) in [6.07, 6.45) is 20.2. The van der Waals surface area contributed by atoms with Gasteiger partial charge < -0.3 is 9.47 Å². The summed E-state index contributed by atoms with van der Waals surface area (Å²) in [6, 6.07) is 43.8. The molecule has 0 saturated heterocycles. The van der Waals surface area contributed by atoms with E-state index in [1.165, 1.54) is 96.9 Å². The lowest BCUT2D eigenvalue weighted by atomic mass is 9.53. The van der Waals surface area contributed by atoms with E-state index in [2.05, 4.69) is 171 Å². The molecule has 0 fully saturated rings. The van der Waals surface area contributed by atoms with Crippen LogP contribution in [-0.4, -0.2) is 13.2 Å². The molecule has 2 bridgehead atoms. The largest absolute Gasteiger partial charge is 0.494 e. The Hall–Kier alpha value is -5.96. The number of ether oxygens (including phenoxy) is 2. The third-order valence-corrected chi connectivity index (χ3v) is 13.5. The lowest BCUT2D eigenvalue weighted by Gasteiger charge is -2.50. The second-order valence-corrected chi connectivity index (χ2v) is 17.6. The van der Waals surface area contributed by atoms with Gasteiger partial charge >= 0.3 is 0 Å². The molecular formula is C60H60O2. The van der Waals surface area contributed by atoms with Crippen molar-refractivity contribution >= 4 is 22.9 Å². The Balaban J connectivity index is 1.07. The number of hydrogen-bond donors (Lipinski definition) is 0. The van der Waals surface area contributed by atoms with E-state index >= 15 is 0 Å². The van der Waals surface area contributed by atoms with Crippen molar-refractivity contribution in [1.82, 2.24) is 0 Å². The van der Waals surface area contributed by atoms with Crippen LogP contribution < -0.4 is 19.9 Å². The average molecular weight is 813 g/mol. The van der Waals surface area contributed by atoms with Crippen LogP contribution in [0.5, 0.6) is 11.5 Å². The van der Waals surface area contributed by atoms with E-state index < -0.39 is 0 Å². The van der Waals surface area contributed by atoms with E-state index in [-0.39, 0.29) is 11.8 Å². The van der Waals surface area contributed by atoms with Crippen LogP contribution in [0.1, 0.15) is 147 Å². The first-order valence-electron chi connectivity index (χ1n) is 23.7. The number of benzene rings is 6. The minimum atomic E-state index is 0.286. The van der Waals surface area contributed by atoms with Crippen molar-refractivity contribution in [3.63, 3.8) is 0 Å². The Labute approximate surface area is 370 Å². The maximum atomic E-state index is 6.12. The fourth-order valence-corrected chi connectivity index (χ4v) is 10.3. The lowest BCUT2D eigenvalue weighted by molar-refractivity contribution is 0.304. The first-order chi connectivity index (χ1) is 30.7. The van der Waals surface area contributed by atoms with Crippen molar-refractivity contribution in [3.8, 4) is 35.2 Å². The van der Waals surface area contributed by atoms with Crippen LogP contribution in [0.4, 0.5) is 0 Å². The van der Waals surface area contributed by atoms with Crippen molar-refractivity contribution in [2.45, 2.75) is 103 Å². The molecule has 0 aliphatic heterocycles. The van der Waals surface area contributed by atoms with Crippen LogP contribution in [-0.2, 0) is 0 Å². The summed E-state index contributed by atoms with van der Waals surface area (Å²) < 4.78 is 12.2. The molecule has 0 heterocycles. The Morgan fingerprint density at radius 2 is 0.742 bits per heavy atom. The molecule has 2 nitrogen and oxygen atoms in total. The van der Waals surface area contributed by atoms with Crippen LogP contribution in [0.2, 0.25) is 0 Å². The van der Waals surface area contributed by atoms with Crippen molar-refractivity contribution in [1.29, 1.82) is 0 Å². The quantitative estimate of drug-likeness (QED) is 0.0716. The SMILES string of the molecule is CCCCCCCCOc1ccc(C#Cc2c3c(c(C#Cc4ccc(OCCCCCCCC)cc4)c4ccccc24)=CC2C4c5ccccc5C(c5ccccc54)C2C=3)cc1. The molecule has 6 aromatic carbocycles. The van der Waals surface area contributed by atoms with Gasteiger partial charge in [-0.3, -0.25) is 0 Å². The minimum absolute atomic E-state index is 0.286. The predicted octanol–water partition coefficient (Wildman–Crippen LogP) is 13.2. The smallest absolute Gasteiger partial charge is 0.119 e. The summed E-state index contributed by atoms with van der Waals surface area (Å²) in [4.78, 5) is 0. The predicted molar refractivity (Wildman–Crippen MR) is 258 cm³/mol. The second kappa shape index (κ2) is 19.8. The van der Waals surface area contributed by atoms with Gasteiger partial charge in [0.25, 0.3) is 0 Å². The van der Waals surface area contributed by atoms with Crippen LogP contribution >= 0.6 is 0 Å². The summed E-state index contributed by atoms with van der Waals surface area (Å²) in [5.41, 5.74) is 10.00. The Kier molecular flexibility index (Phi) is 13.2. The van der Waals surface area contributed by atoms with E-state index in [0.29, 0.717) is 11.8 Å². The highest BCUT2D eigenvalue weighted by molar-refractivity contribution is 5.94. The molecule has 0 saturated carbocycles. The standard InChI is InChI=1S/C60H60O2/c1-3-5-7-9-11-19-39-61-45-33-27-43(28-34-45)31-37-49-47-21-13-14-22-48(47)50(38-32-44-29-35-46(36-30-44)62-40-20-12-10-8-6-4-2)56-42-58-57(41-55(49)56)59-51-23-15-17-25-53(51)60(58)54-26-18-16-24-52(54)59/h13-18,21-30,33-36,41-42,57-60H,3-12,19-20,39-40H2,1-2H3. The number of fused-ring (bicyclic) bond motifs is 2. The molecule has 0 radical (unpaired) electrons. The maximum absolute atomic E-state index is 6.12. The molecule has 312 valence electrons. The highest BCUT2D eigenvalue weighted by Crippen LogP contribution is 2.59. The monoisotopic (exact) mass is 812 g/mol. The molecule has 2 atom stereocenters. The molecule has 10 rings (SSSR count). The van der Waals surface area contributed by atoms with Gasteiger partial charge in [-0.1, -0.05) is 187 Å². The Morgan fingerprint density at radius 3 is 1.13 bits per heavy atom. The normalized spacial score (nSPS) is 17.5.